The number of terminal acetylenes is 1. The quantitative estimate of drug-likeness (QED) is 0.786. The molecule has 0 radical (unpaired) electrons. The smallest absolute Gasteiger partial charge is 0.212 e. The minimum Gasteiger partial charge on any atom is -0.212 e. The molecule has 0 aliphatic rings. The molecule has 16 heavy (non-hydrogen) atoms. The number of sulfonamides is 1. The molecule has 0 bridgehead atoms. The molecular weight excluding hydrogens is 222 g/mol. The molecule has 0 aliphatic carbocycles. The highest BCUT2D eigenvalue weighted by Crippen LogP contribution is 2.15. The van der Waals surface area contributed by atoms with Crippen LogP contribution >= 0.6 is 0 Å². The van der Waals surface area contributed by atoms with Gasteiger partial charge in [-0.2, -0.15) is 0 Å². The second-order valence-corrected chi connectivity index (χ2v) is 5.47. The van der Waals surface area contributed by atoms with Crippen LogP contribution < -0.4 is 4.72 Å². The van der Waals surface area contributed by atoms with Crippen LogP contribution in [0.2, 0.25) is 0 Å². The SMILES string of the molecule is C#CCNS(=O)(=O)CC(C)c1ccccc1. The fourth-order valence-corrected chi connectivity index (χ4v) is 2.69. The van der Waals surface area contributed by atoms with E-state index in [1.165, 1.54) is 0 Å². The van der Waals surface area contributed by atoms with E-state index in [4.69, 9.17) is 6.42 Å². The van der Waals surface area contributed by atoms with Crippen molar-refractivity contribution in [1.29, 1.82) is 0 Å². The van der Waals surface area contributed by atoms with Gasteiger partial charge in [0.05, 0.1) is 12.3 Å². The lowest BCUT2D eigenvalue weighted by molar-refractivity contribution is 0.580. The molecule has 1 atom stereocenters. The van der Waals surface area contributed by atoms with Crippen molar-refractivity contribution >= 4 is 10.0 Å². The van der Waals surface area contributed by atoms with Crippen molar-refractivity contribution in [3.05, 3.63) is 35.9 Å². The highest BCUT2D eigenvalue weighted by atomic mass is 32.2. The van der Waals surface area contributed by atoms with Gasteiger partial charge >= 0.3 is 0 Å². The normalized spacial score (nSPS) is 13.0. The van der Waals surface area contributed by atoms with Gasteiger partial charge in [0.1, 0.15) is 0 Å². The molecule has 4 heteroatoms. The third-order valence-corrected chi connectivity index (χ3v) is 3.76. The van der Waals surface area contributed by atoms with Crippen molar-refractivity contribution in [2.75, 3.05) is 12.3 Å². The summed E-state index contributed by atoms with van der Waals surface area (Å²) in [6.07, 6.45) is 5.00. The lowest BCUT2D eigenvalue weighted by Gasteiger charge is -2.12. The molecule has 0 fully saturated rings. The Morgan fingerprint density at radius 1 is 1.38 bits per heavy atom. The first-order chi connectivity index (χ1) is 7.55. The number of nitrogens with one attached hydrogen (secondary N) is 1. The predicted molar refractivity (Wildman–Crippen MR) is 65.5 cm³/mol. The summed E-state index contributed by atoms with van der Waals surface area (Å²) in [5.41, 5.74) is 1.01. The summed E-state index contributed by atoms with van der Waals surface area (Å²) < 4.78 is 25.5. The maximum absolute atomic E-state index is 11.6. The molecule has 0 aliphatic heterocycles. The van der Waals surface area contributed by atoms with Gasteiger partial charge in [0.25, 0.3) is 0 Å². The van der Waals surface area contributed by atoms with E-state index in [9.17, 15) is 8.42 Å². The van der Waals surface area contributed by atoms with E-state index in [0.29, 0.717) is 0 Å². The van der Waals surface area contributed by atoms with Gasteiger partial charge in [0.2, 0.25) is 10.0 Å². The van der Waals surface area contributed by atoms with Crippen LogP contribution in [-0.4, -0.2) is 20.7 Å². The van der Waals surface area contributed by atoms with Crippen LogP contribution in [0.25, 0.3) is 0 Å². The van der Waals surface area contributed by atoms with Gasteiger partial charge in [-0.15, -0.1) is 6.42 Å². The molecule has 0 spiro atoms. The monoisotopic (exact) mass is 237 g/mol. The average Bonchev–Trinajstić information content (AvgIpc) is 2.27. The van der Waals surface area contributed by atoms with Gasteiger partial charge in [0, 0.05) is 0 Å². The van der Waals surface area contributed by atoms with Crippen molar-refractivity contribution in [2.45, 2.75) is 12.8 Å². The van der Waals surface area contributed by atoms with E-state index in [2.05, 4.69) is 10.6 Å². The van der Waals surface area contributed by atoms with Gasteiger partial charge in [-0.1, -0.05) is 43.2 Å². The molecule has 3 nitrogen and oxygen atoms in total. The molecule has 0 saturated heterocycles. The summed E-state index contributed by atoms with van der Waals surface area (Å²) in [6.45, 7) is 1.92. The molecule has 1 rings (SSSR count). The second kappa shape index (κ2) is 5.69. The van der Waals surface area contributed by atoms with Crippen molar-refractivity contribution in [2.24, 2.45) is 0 Å². The Bertz CT molecular complexity index is 460. The van der Waals surface area contributed by atoms with Crippen LogP contribution in [-0.2, 0) is 10.0 Å². The zero-order valence-electron chi connectivity index (χ0n) is 9.18. The number of rotatable bonds is 5. The summed E-state index contributed by atoms with van der Waals surface area (Å²) in [5.74, 6) is 2.26. The number of hydrogen-bond donors (Lipinski definition) is 1. The summed E-state index contributed by atoms with van der Waals surface area (Å²) in [7, 11) is -3.28. The lowest BCUT2D eigenvalue weighted by Crippen LogP contribution is -2.28. The molecule has 1 aromatic carbocycles. The van der Waals surface area contributed by atoms with E-state index < -0.39 is 10.0 Å². The summed E-state index contributed by atoms with van der Waals surface area (Å²) in [4.78, 5) is 0. The predicted octanol–water partition coefficient (Wildman–Crippen LogP) is 1.34. The van der Waals surface area contributed by atoms with Crippen LogP contribution in [0.1, 0.15) is 18.4 Å². The Morgan fingerprint density at radius 2 is 2.00 bits per heavy atom. The third kappa shape index (κ3) is 4.05. The fourth-order valence-electron chi connectivity index (χ4n) is 1.42. The molecule has 1 N–H and O–H groups in total. The van der Waals surface area contributed by atoms with Gasteiger partial charge < -0.3 is 0 Å². The van der Waals surface area contributed by atoms with Crippen LogP contribution in [0.4, 0.5) is 0 Å². The summed E-state index contributed by atoms with van der Waals surface area (Å²) >= 11 is 0. The Kier molecular flexibility index (Phi) is 4.53. The van der Waals surface area contributed by atoms with E-state index >= 15 is 0 Å². The van der Waals surface area contributed by atoms with Crippen molar-refractivity contribution in [1.82, 2.24) is 4.72 Å². The standard InChI is InChI=1S/C12H15NO2S/c1-3-9-13-16(14,15)10-11(2)12-7-5-4-6-8-12/h1,4-8,11,13H,9-10H2,2H3. The fraction of sp³-hybridized carbons (Fsp3) is 0.333. The number of benzene rings is 1. The average molecular weight is 237 g/mol. The van der Waals surface area contributed by atoms with E-state index in [1.807, 2.05) is 37.3 Å². The van der Waals surface area contributed by atoms with Gasteiger partial charge in [-0.05, 0) is 11.5 Å². The Morgan fingerprint density at radius 3 is 2.56 bits per heavy atom. The first-order valence-corrected chi connectivity index (χ1v) is 6.66. The molecule has 1 aromatic rings. The Balaban J connectivity index is 2.65. The van der Waals surface area contributed by atoms with Crippen molar-refractivity contribution < 1.29 is 8.42 Å². The molecule has 1 unspecified atom stereocenters. The van der Waals surface area contributed by atoms with Crippen molar-refractivity contribution in [3.8, 4) is 12.3 Å². The highest BCUT2D eigenvalue weighted by Gasteiger charge is 2.15. The van der Waals surface area contributed by atoms with Crippen LogP contribution in [0.15, 0.2) is 30.3 Å². The topological polar surface area (TPSA) is 46.2 Å². The van der Waals surface area contributed by atoms with Crippen LogP contribution in [0, 0.1) is 12.3 Å². The van der Waals surface area contributed by atoms with Gasteiger partial charge in [0.15, 0.2) is 0 Å². The van der Waals surface area contributed by atoms with Gasteiger partial charge in [-0.25, -0.2) is 13.1 Å². The second-order valence-electron chi connectivity index (χ2n) is 3.62. The summed E-state index contributed by atoms with van der Waals surface area (Å²) in [5, 5.41) is 0. The molecular formula is C12H15NO2S. The molecule has 0 saturated carbocycles. The highest BCUT2D eigenvalue weighted by molar-refractivity contribution is 7.89. The van der Waals surface area contributed by atoms with E-state index in [-0.39, 0.29) is 18.2 Å². The molecule has 0 heterocycles. The number of hydrogen-bond acceptors (Lipinski definition) is 2. The maximum Gasteiger partial charge on any atom is 0.213 e. The lowest BCUT2D eigenvalue weighted by atomic mass is 10.0. The molecule has 0 amide bonds. The van der Waals surface area contributed by atoms with E-state index in [0.717, 1.165) is 5.56 Å². The zero-order valence-corrected chi connectivity index (χ0v) is 10.00. The zero-order chi connectivity index (χ0) is 12.0. The van der Waals surface area contributed by atoms with Crippen LogP contribution in [0.5, 0.6) is 0 Å². The largest absolute Gasteiger partial charge is 0.213 e. The Labute approximate surface area is 96.9 Å². The van der Waals surface area contributed by atoms with Gasteiger partial charge in [-0.3, -0.25) is 0 Å². The minimum atomic E-state index is -3.28. The molecule has 86 valence electrons. The first kappa shape index (κ1) is 12.8. The Hall–Kier alpha value is -1.31. The van der Waals surface area contributed by atoms with E-state index in [1.54, 1.807) is 0 Å². The molecule has 0 aromatic heterocycles. The minimum absolute atomic E-state index is 0.0449. The summed E-state index contributed by atoms with van der Waals surface area (Å²) in [6, 6.07) is 9.53. The maximum atomic E-state index is 11.6. The first-order valence-electron chi connectivity index (χ1n) is 5.01. The van der Waals surface area contributed by atoms with Crippen molar-refractivity contribution in [3.63, 3.8) is 0 Å². The van der Waals surface area contributed by atoms with Crippen LogP contribution in [0.3, 0.4) is 0 Å². The third-order valence-electron chi connectivity index (χ3n) is 2.23.